The van der Waals surface area contributed by atoms with Crippen LogP contribution < -0.4 is 24.8 Å². The SMILES string of the molecule is [Pt].[c-]1c(Oc2[c-]c(-n3[c-][n+](-c4c(-c5ccccc5)cccc4-c4ccccc4)c4ccccc43)ccc2)cccc1N1B(c2ccccc2)Nc2cccnc21. The summed E-state index contributed by atoms with van der Waals surface area (Å²) < 4.78 is 10.8. The van der Waals surface area contributed by atoms with E-state index in [2.05, 4.69) is 165 Å². The van der Waals surface area contributed by atoms with E-state index < -0.39 is 0 Å². The number of hydrogen-bond donors (Lipinski definition) is 1. The summed E-state index contributed by atoms with van der Waals surface area (Å²) in [6, 6.07) is 69.2. The van der Waals surface area contributed by atoms with Crippen LogP contribution in [0.3, 0.4) is 0 Å². The van der Waals surface area contributed by atoms with Crippen LogP contribution >= 0.6 is 0 Å². The van der Waals surface area contributed by atoms with Gasteiger partial charge in [-0.3, -0.25) is 4.57 Å². The van der Waals surface area contributed by atoms with E-state index in [0.29, 0.717) is 11.5 Å². The van der Waals surface area contributed by atoms with Crippen molar-refractivity contribution < 1.29 is 30.4 Å². The Morgan fingerprint density at radius 3 is 1.86 bits per heavy atom. The molecule has 3 heterocycles. The number of para-hydroxylation sites is 3. The first-order chi connectivity index (χ1) is 27.3. The summed E-state index contributed by atoms with van der Waals surface area (Å²) >= 11 is 0. The molecule has 2 aromatic heterocycles. The second-order valence-corrected chi connectivity index (χ2v) is 13.3. The summed E-state index contributed by atoms with van der Waals surface area (Å²) in [6.45, 7) is -0.147. The Bertz CT molecular complexity index is 2740. The molecule has 8 heteroatoms. The van der Waals surface area contributed by atoms with Crippen molar-refractivity contribution in [2.75, 3.05) is 10.0 Å². The molecule has 0 spiro atoms. The van der Waals surface area contributed by atoms with Crippen LogP contribution in [0.1, 0.15) is 0 Å². The van der Waals surface area contributed by atoms with Crippen LogP contribution in [0.15, 0.2) is 188 Å². The van der Waals surface area contributed by atoms with Gasteiger partial charge >= 0.3 is 6.98 Å². The van der Waals surface area contributed by atoms with Crippen molar-refractivity contribution in [2.45, 2.75) is 0 Å². The minimum absolute atomic E-state index is 0. The van der Waals surface area contributed by atoms with Crippen molar-refractivity contribution in [3.63, 3.8) is 0 Å². The van der Waals surface area contributed by atoms with Gasteiger partial charge in [-0.05, 0) is 45.5 Å². The molecular weight excluding hydrogens is 868 g/mol. The number of hydrogen-bond acceptors (Lipinski definition) is 4. The molecule has 0 radical (unpaired) electrons. The summed E-state index contributed by atoms with van der Waals surface area (Å²) in [5.74, 6) is 1.98. The summed E-state index contributed by atoms with van der Waals surface area (Å²) in [5.41, 5.74) is 11.3. The van der Waals surface area contributed by atoms with Crippen LogP contribution in [0.25, 0.3) is 44.7 Å². The largest absolute Gasteiger partial charge is 0.510 e. The first kappa shape index (κ1) is 35.0. The molecule has 7 aromatic carbocycles. The molecule has 0 fully saturated rings. The molecule has 9 aromatic rings. The minimum Gasteiger partial charge on any atom is -0.510 e. The maximum atomic E-state index is 6.51. The first-order valence-corrected chi connectivity index (χ1v) is 18.3. The molecular formula is C48H32BN5OPt-2. The molecule has 0 bridgehead atoms. The van der Waals surface area contributed by atoms with E-state index in [1.165, 1.54) is 0 Å². The Balaban J connectivity index is 0.00000410. The van der Waals surface area contributed by atoms with E-state index in [1.807, 2.05) is 60.8 Å². The molecule has 1 N–H and O–H groups in total. The van der Waals surface area contributed by atoms with Gasteiger partial charge in [0.15, 0.2) is 0 Å². The normalized spacial score (nSPS) is 11.9. The summed E-state index contributed by atoms with van der Waals surface area (Å²) in [4.78, 5) is 6.89. The van der Waals surface area contributed by atoms with E-state index in [0.717, 1.165) is 67.3 Å². The third kappa shape index (κ3) is 6.46. The van der Waals surface area contributed by atoms with Gasteiger partial charge in [0.05, 0.1) is 22.4 Å². The second kappa shape index (κ2) is 15.2. The molecule has 0 saturated carbocycles. The van der Waals surface area contributed by atoms with Crippen LogP contribution in [0.2, 0.25) is 0 Å². The van der Waals surface area contributed by atoms with Crippen LogP contribution in [-0.4, -0.2) is 16.5 Å². The molecule has 0 unspecified atom stereocenters. The van der Waals surface area contributed by atoms with Gasteiger partial charge in [-0.1, -0.05) is 139 Å². The number of aromatic nitrogens is 3. The van der Waals surface area contributed by atoms with Gasteiger partial charge in [0.25, 0.3) is 6.33 Å². The fourth-order valence-corrected chi connectivity index (χ4v) is 7.43. The summed E-state index contributed by atoms with van der Waals surface area (Å²) in [5, 5.41) is 3.64. The van der Waals surface area contributed by atoms with Crippen molar-refractivity contribution in [2.24, 2.45) is 0 Å². The number of imidazole rings is 1. The Morgan fingerprint density at radius 1 is 0.571 bits per heavy atom. The third-order valence-electron chi connectivity index (χ3n) is 9.90. The summed E-state index contributed by atoms with van der Waals surface area (Å²) in [6.07, 6.45) is 5.54. The predicted octanol–water partition coefficient (Wildman–Crippen LogP) is 9.79. The standard InChI is InChI=1S/C48H32BN5O.Pt/c1-4-16-35(17-5-1)42-26-14-27-43(36-18-6-2-7-19-36)47(42)53-34-52(45-29-10-11-30-46(45)53)38-22-12-24-40(32-38)55-41-25-13-23-39(33-41)54-48-44(28-15-31-50-48)51-49(54)37-20-8-3-9-21-37;/h1-31,51H;/q-2;. The smallest absolute Gasteiger partial charge is 0.413 e. The van der Waals surface area contributed by atoms with Crippen LogP contribution in [0.4, 0.5) is 17.2 Å². The zero-order valence-corrected chi connectivity index (χ0v) is 32.3. The maximum Gasteiger partial charge on any atom is 0.413 e. The fraction of sp³-hybridized carbons (Fsp3) is 0. The number of benzene rings is 7. The number of anilines is 3. The Hall–Kier alpha value is -6.69. The molecule has 10 rings (SSSR count). The van der Waals surface area contributed by atoms with Gasteiger partial charge < -0.3 is 19.3 Å². The van der Waals surface area contributed by atoms with Gasteiger partial charge in [-0.25, -0.2) is 4.98 Å². The van der Waals surface area contributed by atoms with Gasteiger partial charge in [0.1, 0.15) is 5.82 Å². The number of rotatable bonds is 8. The van der Waals surface area contributed by atoms with Gasteiger partial charge in [0, 0.05) is 38.8 Å². The first-order valence-electron chi connectivity index (χ1n) is 18.3. The van der Waals surface area contributed by atoms with Gasteiger partial charge in [-0.2, -0.15) is 18.2 Å². The van der Waals surface area contributed by atoms with Crippen molar-refractivity contribution in [3.8, 4) is 45.1 Å². The number of fused-ring (bicyclic) bond motifs is 2. The molecule has 0 amide bonds. The second-order valence-electron chi connectivity index (χ2n) is 13.3. The van der Waals surface area contributed by atoms with Gasteiger partial charge in [-0.15, -0.1) is 30.3 Å². The zero-order chi connectivity index (χ0) is 36.6. The Labute approximate surface area is 340 Å². The number of nitrogens with one attached hydrogen (secondary N) is 1. The predicted molar refractivity (Wildman–Crippen MR) is 221 cm³/mol. The van der Waals surface area contributed by atoms with E-state index in [4.69, 9.17) is 9.72 Å². The number of pyridine rings is 1. The maximum absolute atomic E-state index is 6.51. The van der Waals surface area contributed by atoms with Crippen LogP contribution in [0.5, 0.6) is 11.5 Å². The monoisotopic (exact) mass is 900 g/mol. The van der Waals surface area contributed by atoms with E-state index in [-0.39, 0.29) is 28.0 Å². The molecule has 0 saturated heterocycles. The quantitative estimate of drug-likeness (QED) is 0.0938. The molecule has 0 aliphatic carbocycles. The minimum atomic E-state index is -0.147. The Kier molecular flexibility index (Phi) is 9.52. The fourth-order valence-electron chi connectivity index (χ4n) is 7.43. The Morgan fingerprint density at radius 2 is 1.16 bits per heavy atom. The van der Waals surface area contributed by atoms with Gasteiger partial charge in [0.2, 0.25) is 0 Å². The average Bonchev–Trinajstić information content (AvgIpc) is 3.84. The molecule has 56 heavy (non-hydrogen) atoms. The van der Waals surface area contributed by atoms with E-state index >= 15 is 0 Å². The van der Waals surface area contributed by atoms with E-state index in [1.54, 1.807) is 0 Å². The van der Waals surface area contributed by atoms with Crippen LogP contribution in [0, 0.1) is 18.5 Å². The molecule has 6 nitrogen and oxygen atoms in total. The number of nitrogens with zero attached hydrogens (tertiary/aromatic N) is 4. The molecule has 1 aliphatic heterocycles. The third-order valence-corrected chi connectivity index (χ3v) is 9.90. The molecule has 0 atom stereocenters. The molecule has 1 aliphatic rings. The molecule has 270 valence electrons. The topological polar surface area (TPSA) is 46.2 Å². The van der Waals surface area contributed by atoms with Crippen LogP contribution in [-0.2, 0) is 21.1 Å². The van der Waals surface area contributed by atoms with Crippen molar-refractivity contribution in [3.05, 3.63) is 207 Å². The average molecular weight is 901 g/mol. The summed E-state index contributed by atoms with van der Waals surface area (Å²) in [7, 11) is 0. The van der Waals surface area contributed by atoms with E-state index in [9.17, 15) is 0 Å². The van der Waals surface area contributed by atoms with Crippen molar-refractivity contribution >= 4 is 40.7 Å². The zero-order valence-electron chi connectivity index (χ0n) is 30.0. The van der Waals surface area contributed by atoms with Crippen molar-refractivity contribution in [1.82, 2.24) is 9.55 Å². The number of ether oxygens (including phenoxy) is 1. The van der Waals surface area contributed by atoms with Crippen molar-refractivity contribution in [1.29, 1.82) is 0 Å².